The van der Waals surface area contributed by atoms with Crippen LogP contribution in [0.5, 0.6) is 0 Å². The third-order valence-corrected chi connectivity index (χ3v) is 2.31. The molecule has 1 aromatic heterocycles. The van der Waals surface area contributed by atoms with Crippen LogP contribution >= 0.6 is 11.6 Å². The SMILES string of the molecule is CCOCc1nc(Cl)cc(N(C)CCC#N)n1. The lowest BCUT2D eigenvalue weighted by atomic mass is 10.4. The molecule has 0 aliphatic rings. The summed E-state index contributed by atoms with van der Waals surface area (Å²) in [7, 11) is 1.86. The highest BCUT2D eigenvalue weighted by molar-refractivity contribution is 6.29. The van der Waals surface area contributed by atoms with Gasteiger partial charge >= 0.3 is 0 Å². The van der Waals surface area contributed by atoms with E-state index in [2.05, 4.69) is 16.0 Å². The molecule has 6 heteroatoms. The van der Waals surface area contributed by atoms with Crippen molar-refractivity contribution in [2.24, 2.45) is 0 Å². The van der Waals surface area contributed by atoms with E-state index in [1.165, 1.54) is 0 Å². The maximum Gasteiger partial charge on any atom is 0.158 e. The largest absolute Gasteiger partial charge is 0.374 e. The third-order valence-electron chi connectivity index (χ3n) is 2.11. The second-order valence-electron chi connectivity index (χ2n) is 3.43. The van der Waals surface area contributed by atoms with E-state index in [-0.39, 0.29) is 0 Å². The van der Waals surface area contributed by atoms with Gasteiger partial charge in [-0.05, 0) is 6.92 Å². The van der Waals surface area contributed by atoms with E-state index in [0.29, 0.717) is 43.0 Å². The fourth-order valence-corrected chi connectivity index (χ4v) is 1.43. The molecule has 0 unspecified atom stereocenters. The van der Waals surface area contributed by atoms with Gasteiger partial charge in [0.1, 0.15) is 17.6 Å². The number of hydrogen-bond donors (Lipinski definition) is 0. The molecule has 5 nitrogen and oxygen atoms in total. The predicted octanol–water partition coefficient (Wildman–Crippen LogP) is 2.02. The van der Waals surface area contributed by atoms with Gasteiger partial charge in [-0.15, -0.1) is 0 Å². The molecule has 1 aromatic rings. The Labute approximate surface area is 106 Å². The third kappa shape index (κ3) is 4.55. The number of halogens is 1. The molecular weight excluding hydrogens is 240 g/mol. The van der Waals surface area contributed by atoms with Gasteiger partial charge in [0.15, 0.2) is 5.82 Å². The molecule has 0 atom stereocenters. The van der Waals surface area contributed by atoms with Gasteiger partial charge in [0.05, 0.1) is 12.5 Å². The van der Waals surface area contributed by atoms with E-state index >= 15 is 0 Å². The minimum atomic E-state index is 0.343. The summed E-state index contributed by atoms with van der Waals surface area (Å²) in [5, 5.41) is 8.91. The summed E-state index contributed by atoms with van der Waals surface area (Å²) in [6.07, 6.45) is 0.443. The Morgan fingerprint density at radius 2 is 2.29 bits per heavy atom. The number of nitriles is 1. The van der Waals surface area contributed by atoms with E-state index in [1.807, 2.05) is 18.9 Å². The zero-order valence-corrected chi connectivity index (χ0v) is 10.7. The van der Waals surface area contributed by atoms with Crippen LogP contribution in [0.2, 0.25) is 5.15 Å². The Bertz CT molecular complexity index is 405. The highest BCUT2D eigenvalue weighted by atomic mass is 35.5. The molecule has 0 saturated carbocycles. The first kappa shape index (κ1) is 13.7. The van der Waals surface area contributed by atoms with Gasteiger partial charge < -0.3 is 9.64 Å². The average Bonchev–Trinajstić information content (AvgIpc) is 2.32. The summed E-state index contributed by atoms with van der Waals surface area (Å²) in [6, 6.07) is 3.76. The Hall–Kier alpha value is -1.38. The van der Waals surface area contributed by atoms with Crippen LogP contribution in [0.4, 0.5) is 5.82 Å². The summed E-state index contributed by atoms with van der Waals surface area (Å²) < 4.78 is 5.24. The van der Waals surface area contributed by atoms with Crippen LogP contribution in [0.3, 0.4) is 0 Å². The Balaban J connectivity index is 2.77. The summed E-state index contributed by atoms with van der Waals surface area (Å²) in [6.45, 7) is 3.47. The van der Waals surface area contributed by atoms with Gasteiger partial charge in [0.25, 0.3) is 0 Å². The normalized spacial score (nSPS) is 10.0. The number of aromatic nitrogens is 2. The minimum Gasteiger partial charge on any atom is -0.374 e. The van der Waals surface area contributed by atoms with Crippen LogP contribution in [0, 0.1) is 11.3 Å². The molecule has 0 radical (unpaired) electrons. The summed E-state index contributed by atoms with van der Waals surface area (Å²) in [5.74, 6) is 1.26. The van der Waals surface area contributed by atoms with Gasteiger partial charge in [-0.2, -0.15) is 5.26 Å². The first-order valence-electron chi connectivity index (χ1n) is 5.36. The van der Waals surface area contributed by atoms with E-state index in [9.17, 15) is 0 Å². The number of hydrogen-bond acceptors (Lipinski definition) is 5. The predicted molar refractivity (Wildman–Crippen MR) is 65.9 cm³/mol. The molecule has 92 valence electrons. The van der Waals surface area contributed by atoms with Crippen molar-refractivity contribution in [2.75, 3.05) is 25.1 Å². The first-order chi connectivity index (χ1) is 8.17. The zero-order valence-electron chi connectivity index (χ0n) is 9.98. The molecule has 0 spiro atoms. The maximum atomic E-state index is 8.53. The summed E-state index contributed by atoms with van der Waals surface area (Å²) in [5.41, 5.74) is 0. The highest BCUT2D eigenvalue weighted by Crippen LogP contribution is 2.15. The van der Waals surface area contributed by atoms with Crippen molar-refractivity contribution in [3.05, 3.63) is 17.0 Å². The van der Waals surface area contributed by atoms with Crippen molar-refractivity contribution in [3.63, 3.8) is 0 Å². The molecule has 0 saturated heterocycles. The molecular formula is C11H15ClN4O. The number of nitrogens with zero attached hydrogens (tertiary/aromatic N) is 4. The standard InChI is InChI=1S/C11H15ClN4O/c1-3-17-8-10-14-9(12)7-11(15-10)16(2)6-4-5-13/h7H,3-4,6,8H2,1-2H3. The number of ether oxygens (including phenoxy) is 1. The number of anilines is 1. The van der Waals surface area contributed by atoms with Crippen molar-refractivity contribution in [1.29, 1.82) is 5.26 Å². The molecule has 0 bridgehead atoms. The molecule has 0 aromatic carbocycles. The lowest BCUT2D eigenvalue weighted by molar-refractivity contribution is 0.128. The molecule has 1 heterocycles. The molecule has 0 N–H and O–H groups in total. The van der Waals surface area contributed by atoms with Gasteiger partial charge in [-0.3, -0.25) is 0 Å². The van der Waals surface area contributed by atoms with Gasteiger partial charge in [-0.1, -0.05) is 11.6 Å². The van der Waals surface area contributed by atoms with Crippen LogP contribution in [-0.4, -0.2) is 30.2 Å². The van der Waals surface area contributed by atoms with E-state index in [4.69, 9.17) is 21.6 Å². The van der Waals surface area contributed by atoms with Crippen LogP contribution in [0.1, 0.15) is 19.2 Å². The molecule has 0 fully saturated rings. The van der Waals surface area contributed by atoms with E-state index in [1.54, 1.807) is 6.07 Å². The van der Waals surface area contributed by atoms with E-state index < -0.39 is 0 Å². The first-order valence-corrected chi connectivity index (χ1v) is 5.74. The molecule has 0 aliphatic heterocycles. The van der Waals surface area contributed by atoms with Crippen molar-refractivity contribution < 1.29 is 4.74 Å². The van der Waals surface area contributed by atoms with Crippen LogP contribution in [-0.2, 0) is 11.3 Å². The van der Waals surface area contributed by atoms with Crippen LogP contribution in [0.25, 0.3) is 0 Å². The van der Waals surface area contributed by atoms with Gasteiger partial charge in [0.2, 0.25) is 0 Å². The van der Waals surface area contributed by atoms with Crippen molar-refractivity contribution in [2.45, 2.75) is 20.0 Å². The fourth-order valence-electron chi connectivity index (χ4n) is 1.24. The summed E-state index contributed by atoms with van der Waals surface area (Å²) in [4.78, 5) is 10.3. The molecule has 0 amide bonds. The van der Waals surface area contributed by atoms with E-state index in [0.717, 1.165) is 0 Å². The van der Waals surface area contributed by atoms with Crippen LogP contribution in [0.15, 0.2) is 6.07 Å². The average molecular weight is 255 g/mol. The second kappa shape index (κ2) is 7.05. The molecule has 17 heavy (non-hydrogen) atoms. The van der Waals surface area contributed by atoms with Crippen LogP contribution < -0.4 is 4.90 Å². The molecule has 0 aliphatic carbocycles. The minimum absolute atomic E-state index is 0.343. The lowest BCUT2D eigenvalue weighted by Crippen LogP contribution is -2.20. The van der Waals surface area contributed by atoms with Gasteiger partial charge in [-0.25, -0.2) is 9.97 Å². The molecule has 1 rings (SSSR count). The van der Waals surface area contributed by atoms with Crippen molar-refractivity contribution >= 4 is 17.4 Å². The van der Waals surface area contributed by atoms with Crippen molar-refractivity contribution in [1.82, 2.24) is 9.97 Å². The monoisotopic (exact) mass is 254 g/mol. The fraction of sp³-hybridized carbons (Fsp3) is 0.545. The zero-order chi connectivity index (χ0) is 12.7. The highest BCUT2D eigenvalue weighted by Gasteiger charge is 2.07. The Morgan fingerprint density at radius 1 is 1.53 bits per heavy atom. The summed E-state index contributed by atoms with van der Waals surface area (Å²) >= 11 is 5.91. The lowest BCUT2D eigenvalue weighted by Gasteiger charge is -2.17. The Kier molecular flexibility index (Phi) is 5.67. The smallest absolute Gasteiger partial charge is 0.158 e. The topological polar surface area (TPSA) is 62.0 Å². The van der Waals surface area contributed by atoms with Gasteiger partial charge in [0, 0.05) is 26.3 Å². The quantitative estimate of drug-likeness (QED) is 0.727. The number of rotatable bonds is 6. The van der Waals surface area contributed by atoms with Crippen molar-refractivity contribution in [3.8, 4) is 6.07 Å². The second-order valence-corrected chi connectivity index (χ2v) is 3.82. The maximum absolute atomic E-state index is 8.53. The Morgan fingerprint density at radius 3 is 2.94 bits per heavy atom.